The van der Waals surface area contributed by atoms with Gasteiger partial charge in [0, 0.05) is 17.5 Å². The third-order valence-electron chi connectivity index (χ3n) is 4.89. The van der Waals surface area contributed by atoms with Gasteiger partial charge in [-0.1, -0.05) is 18.2 Å². The molecule has 1 saturated heterocycles. The van der Waals surface area contributed by atoms with E-state index >= 15 is 0 Å². The number of anilines is 1. The summed E-state index contributed by atoms with van der Waals surface area (Å²) in [6.45, 7) is 0.472. The molecule has 0 spiro atoms. The Kier molecular flexibility index (Phi) is 4.40. The van der Waals surface area contributed by atoms with Crippen LogP contribution in [0.25, 0.3) is 0 Å². The number of para-hydroxylation sites is 1. The second-order valence-corrected chi connectivity index (χ2v) is 6.31. The number of methoxy groups -OCH3 is 2. The maximum Gasteiger partial charge on any atom is 0.243 e. The van der Waals surface area contributed by atoms with Gasteiger partial charge in [0.25, 0.3) is 0 Å². The lowest BCUT2D eigenvalue weighted by Crippen LogP contribution is -2.43. The lowest BCUT2D eigenvalue weighted by molar-refractivity contribution is -0.119. The zero-order valence-corrected chi connectivity index (χ0v) is 14.6. The molecule has 4 rings (SSSR count). The van der Waals surface area contributed by atoms with E-state index in [0.717, 1.165) is 11.3 Å². The van der Waals surface area contributed by atoms with Crippen LogP contribution in [-0.4, -0.2) is 32.8 Å². The molecule has 3 N–H and O–H groups in total. The molecule has 0 aliphatic carbocycles. The third-order valence-corrected chi connectivity index (χ3v) is 4.89. The Morgan fingerprint density at radius 1 is 1.15 bits per heavy atom. The number of hydrazine groups is 1. The predicted octanol–water partition coefficient (Wildman–Crippen LogP) is 1.87. The van der Waals surface area contributed by atoms with E-state index in [-0.39, 0.29) is 17.9 Å². The van der Waals surface area contributed by atoms with Crippen LogP contribution in [0.15, 0.2) is 42.5 Å². The van der Waals surface area contributed by atoms with Crippen molar-refractivity contribution in [3.63, 3.8) is 0 Å². The smallest absolute Gasteiger partial charge is 0.243 e. The first-order chi connectivity index (χ1) is 12.7. The van der Waals surface area contributed by atoms with Crippen LogP contribution in [-0.2, 0) is 4.79 Å². The van der Waals surface area contributed by atoms with Crippen LogP contribution in [0.1, 0.15) is 11.6 Å². The molecule has 2 aliphatic heterocycles. The summed E-state index contributed by atoms with van der Waals surface area (Å²) in [6, 6.07) is 12.8. The summed E-state index contributed by atoms with van der Waals surface area (Å²) in [6.07, 6.45) is 0. The van der Waals surface area contributed by atoms with E-state index in [1.807, 2.05) is 24.3 Å². The van der Waals surface area contributed by atoms with Crippen LogP contribution < -0.4 is 30.4 Å². The number of hydrogen-bond acceptors (Lipinski definition) is 6. The van der Waals surface area contributed by atoms with E-state index in [4.69, 9.17) is 14.2 Å². The quantitative estimate of drug-likeness (QED) is 0.777. The van der Waals surface area contributed by atoms with Crippen LogP contribution in [0.5, 0.6) is 17.2 Å². The monoisotopic (exact) mass is 355 g/mol. The number of hydrogen-bond donors (Lipinski definition) is 3. The molecule has 0 radical (unpaired) electrons. The number of carbonyl (C=O) groups excluding carboxylic acids is 1. The van der Waals surface area contributed by atoms with Crippen molar-refractivity contribution in [3.05, 3.63) is 48.0 Å². The summed E-state index contributed by atoms with van der Waals surface area (Å²) in [7, 11) is 3.14. The van der Waals surface area contributed by atoms with Gasteiger partial charge in [-0.3, -0.25) is 4.79 Å². The fraction of sp³-hybridized carbons (Fsp3) is 0.316. The highest BCUT2D eigenvalue weighted by Gasteiger charge is 2.44. The highest BCUT2D eigenvalue weighted by molar-refractivity contribution is 5.96. The molecule has 2 aromatic carbocycles. The minimum absolute atomic E-state index is 0.00542. The number of nitrogens with one attached hydrogen (secondary N) is 3. The normalized spacial score (nSPS) is 23.4. The lowest BCUT2D eigenvalue weighted by Gasteiger charge is -2.29. The average molecular weight is 355 g/mol. The number of fused-ring (bicyclic) bond motifs is 3. The van der Waals surface area contributed by atoms with E-state index < -0.39 is 6.04 Å². The molecule has 2 aromatic rings. The maximum atomic E-state index is 12.8. The van der Waals surface area contributed by atoms with Gasteiger partial charge in [-0.15, -0.1) is 0 Å². The van der Waals surface area contributed by atoms with Gasteiger partial charge in [0.1, 0.15) is 23.3 Å². The SMILES string of the molecule is COc1ccc(NC(=O)C2NNC3c4ccccc4OCC23)c(OC)c1. The first kappa shape index (κ1) is 16.7. The van der Waals surface area contributed by atoms with Gasteiger partial charge < -0.3 is 19.5 Å². The molecule has 26 heavy (non-hydrogen) atoms. The Balaban J connectivity index is 1.52. The van der Waals surface area contributed by atoms with Crippen molar-refractivity contribution in [1.82, 2.24) is 10.9 Å². The van der Waals surface area contributed by atoms with Gasteiger partial charge >= 0.3 is 0 Å². The summed E-state index contributed by atoms with van der Waals surface area (Å²) in [5, 5.41) is 2.93. The van der Waals surface area contributed by atoms with Crippen molar-refractivity contribution >= 4 is 11.6 Å². The van der Waals surface area contributed by atoms with E-state index in [9.17, 15) is 4.79 Å². The molecule has 0 bridgehead atoms. The van der Waals surface area contributed by atoms with Crippen molar-refractivity contribution in [2.45, 2.75) is 12.1 Å². The van der Waals surface area contributed by atoms with Gasteiger partial charge in [0.05, 0.1) is 32.6 Å². The molecule has 0 aromatic heterocycles. The molecule has 136 valence electrons. The van der Waals surface area contributed by atoms with Gasteiger partial charge in [-0.25, -0.2) is 10.9 Å². The number of benzene rings is 2. The zero-order valence-electron chi connectivity index (χ0n) is 14.6. The van der Waals surface area contributed by atoms with Crippen LogP contribution in [0, 0.1) is 5.92 Å². The van der Waals surface area contributed by atoms with Gasteiger partial charge in [0.15, 0.2) is 0 Å². The van der Waals surface area contributed by atoms with Crippen molar-refractivity contribution in [1.29, 1.82) is 0 Å². The Morgan fingerprint density at radius 2 is 2.00 bits per heavy atom. The predicted molar refractivity (Wildman–Crippen MR) is 96.4 cm³/mol. The van der Waals surface area contributed by atoms with Crippen molar-refractivity contribution in [3.8, 4) is 17.2 Å². The molecule has 3 unspecified atom stereocenters. The fourth-order valence-electron chi connectivity index (χ4n) is 3.51. The molecule has 2 aliphatic rings. The van der Waals surface area contributed by atoms with Gasteiger partial charge in [-0.2, -0.15) is 0 Å². The molecular weight excluding hydrogens is 334 g/mol. The van der Waals surface area contributed by atoms with Crippen molar-refractivity contribution in [2.24, 2.45) is 5.92 Å². The first-order valence-corrected chi connectivity index (χ1v) is 8.47. The molecule has 1 fully saturated rings. The largest absolute Gasteiger partial charge is 0.497 e. The Labute approximate surface area is 151 Å². The molecule has 7 nitrogen and oxygen atoms in total. The average Bonchev–Trinajstić information content (AvgIpc) is 3.13. The van der Waals surface area contributed by atoms with Gasteiger partial charge in [-0.05, 0) is 18.2 Å². The minimum atomic E-state index is -0.417. The number of carbonyl (C=O) groups is 1. The van der Waals surface area contributed by atoms with Crippen molar-refractivity contribution < 1.29 is 19.0 Å². The molecule has 7 heteroatoms. The highest BCUT2D eigenvalue weighted by Crippen LogP contribution is 2.39. The molecule has 2 heterocycles. The Hall–Kier alpha value is -2.77. The topological polar surface area (TPSA) is 80.9 Å². The fourth-order valence-corrected chi connectivity index (χ4v) is 3.51. The lowest BCUT2D eigenvalue weighted by atomic mass is 9.87. The number of rotatable bonds is 4. The summed E-state index contributed by atoms with van der Waals surface area (Å²) < 4.78 is 16.4. The minimum Gasteiger partial charge on any atom is -0.497 e. The molecule has 0 saturated carbocycles. The Morgan fingerprint density at radius 3 is 2.81 bits per heavy atom. The Bertz CT molecular complexity index is 826. The van der Waals surface area contributed by atoms with Crippen LogP contribution in [0.2, 0.25) is 0 Å². The summed E-state index contributed by atoms with van der Waals surface area (Å²) in [4.78, 5) is 12.8. The molecule has 3 atom stereocenters. The van der Waals surface area contributed by atoms with Crippen LogP contribution >= 0.6 is 0 Å². The zero-order chi connectivity index (χ0) is 18.1. The second kappa shape index (κ2) is 6.86. The molecular formula is C19H21N3O4. The summed E-state index contributed by atoms with van der Waals surface area (Å²) in [5.74, 6) is 1.93. The van der Waals surface area contributed by atoms with E-state index in [1.54, 1.807) is 32.4 Å². The first-order valence-electron chi connectivity index (χ1n) is 8.47. The van der Waals surface area contributed by atoms with Crippen LogP contribution in [0.3, 0.4) is 0 Å². The van der Waals surface area contributed by atoms with E-state index in [1.165, 1.54) is 0 Å². The highest BCUT2D eigenvalue weighted by atomic mass is 16.5. The summed E-state index contributed by atoms with van der Waals surface area (Å²) >= 11 is 0. The molecule has 1 amide bonds. The number of amides is 1. The summed E-state index contributed by atoms with van der Waals surface area (Å²) in [5.41, 5.74) is 8.01. The number of ether oxygens (including phenoxy) is 3. The standard InChI is InChI=1S/C19H21N3O4/c1-24-11-7-8-14(16(9-11)25-2)20-19(23)18-13-10-26-15-6-4-3-5-12(15)17(13)21-22-18/h3-9,13,17-18,21-22H,10H2,1-2H3,(H,20,23). The second-order valence-electron chi connectivity index (χ2n) is 6.31. The van der Waals surface area contributed by atoms with Crippen LogP contribution in [0.4, 0.5) is 5.69 Å². The maximum absolute atomic E-state index is 12.8. The van der Waals surface area contributed by atoms with Crippen molar-refractivity contribution in [2.75, 3.05) is 26.1 Å². The third kappa shape index (κ3) is 2.85. The van der Waals surface area contributed by atoms with Gasteiger partial charge in [0.2, 0.25) is 5.91 Å². The van der Waals surface area contributed by atoms with E-state index in [2.05, 4.69) is 16.2 Å². The van der Waals surface area contributed by atoms with E-state index in [0.29, 0.717) is 23.8 Å².